The highest BCUT2D eigenvalue weighted by atomic mass is 32.2. The molecule has 0 saturated heterocycles. The number of para-hydroxylation sites is 1. The van der Waals surface area contributed by atoms with E-state index in [4.69, 9.17) is 0 Å². The minimum absolute atomic E-state index is 0.110. The van der Waals surface area contributed by atoms with E-state index in [0.717, 1.165) is 26.9 Å². The fourth-order valence-electron chi connectivity index (χ4n) is 2.48. The highest BCUT2D eigenvalue weighted by Gasteiger charge is 2.16. The molecule has 6 nitrogen and oxygen atoms in total. The van der Waals surface area contributed by atoms with Crippen LogP contribution in [0.5, 0.6) is 0 Å². The van der Waals surface area contributed by atoms with Gasteiger partial charge in [-0.05, 0) is 37.4 Å². The van der Waals surface area contributed by atoms with Gasteiger partial charge in [-0.15, -0.1) is 11.3 Å². The summed E-state index contributed by atoms with van der Waals surface area (Å²) >= 11 is 2.96. The second kappa shape index (κ2) is 8.99. The number of nitrogens with zero attached hydrogens (tertiary/aromatic N) is 4. The van der Waals surface area contributed by atoms with Crippen molar-refractivity contribution in [1.29, 1.82) is 0 Å². The number of carbonyl (C=O) groups excluding carboxylic acids is 1. The average molecular weight is 412 g/mol. The Morgan fingerprint density at radius 1 is 1.14 bits per heavy atom. The van der Waals surface area contributed by atoms with Crippen molar-refractivity contribution < 1.29 is 4.79 Å². The number of nitrogens with one attached hydrogen (secondary N) is 1. The molecule has 3 aromatic heterocycles. The van der Waals surface area contributed by atoms with Crippen LogP contribution in [0.2, 0.25) is 0 Å². The van der Waals surface area contributed by atoms with Gasteiger partial charge in [0.25, 0.3) is 11.7 Å². The average Bonchev–Trinajstić information content (AvgIpc) is 3.40. The second-order valence-electron chi connectivity index (χ2n) is 5.63. The van der Waals surface area contributed by atoms with E-state index >= 15 is 0 Å². The van der Waals surface area contributed by atoms with Gasteiger partial charge < -0.3 is 5.32 Å². The molecule has 0 aliphatic carbocycles. The summed E-state index contributed by atoms with van der Waals surface area (Å²) in [6.45, 7) is 7.97. The summed E-state index contributed by atoms with van der Waals surface area (Å²) in [6, 6.07) is 11.4. The van der Waals surface area contributed by atoms with E-state index < -0.39 is 0 Å². The molecule has 28 heavy (non-hydrogen) atoms. The van der Waals surface area contributed by atoms with E-state index in [1.165, 1.54) is 29.4 Å². The molecule has 1 amide bonds. The highest BCUT2D eigenvalue weighted by Crippen LogP contribution is 2.35. The highest BCUT2D eigenvalue weighted by molar-refractivity contribution is 7.99. The van der Waals surface area contributed by atoms with E-state index in [9.17, 15) is 4.79 Å². The maximum Gasteiger partial charge on any atom is 0.265 e. The number of hydrogen-bond acceptors (Lipinski definition) is 6. The van der Waals surface area contributed by atoms with Crippen molar-refractivity contribution in [1.82, 2.24) is 19.6 Å². The number of aromatic nitrogens is 4. The zero-order chi connectivity index (χ0) is 20.1. The van der Waals surface area contributed by atoms with Gasteiger partial charge in [-0.1, -0.05) is 43.8 Å². The fourth-order valence-corrected chi connectivity index (χ4v) is 4.20. The van der Waals surface area contributed by atoms with Crippen LogP contribution in [-0.4, -0.2) is 25.5 Å². The lowest BCUT2D eigenvalue weighted by Crippen LogP contribution is -2.11. The monoisotopic (exact) mass is 411 g/mol. The fraction of sp³-hybridized carbons (Fsp3) is 0.200. The summed E-state index contributed by atoms with van der Waals surface area (Å²) in [6.07, 6.45) is 1.50. The van der Waals surface area contributed by atoms with E-state index in [2.05, 4.69) is 20.4 Å². The lowest BCUT2D eigenvalue weighted by atomic mass is 10.3. The molecule has 0 atom stereocenters. The Morgan fingerprint density at radius 3 is 2.68 bits per heavy atom. The molecule has 0 saturated carbocycles. The molecule has 4 aromatic rings. The van der Waals surface area contributed by atoms with Crippen LogP contribution in [0, 0.1) is 13.8 Å². The quantitative estimate of drug-likeness (QED) is 0.465. The topological polar surface area (TPSA) is 72.2 Å². The molecule has 144 valence electrons. The molecule has 0 bridgehead atoms. The predicted molar refractivity (Wildman–Crippen MR) is 114 cm³/mol. The lowest BCUT2D eigenvalue weighted by molar-refractivity contribution is 0.103. The first-order valence-electron chi connectivity index (χ1n) is 8.92. The van der Waals surface area contributed by atoms with Crippen LogP contribution in [-0.2, 0) is 0 Å². The summed E-state index contributed by atoms with van der Waals surface area (Å²) in [7, 11) is 0. The van der Waals surface area contributed by atoms with Gasteiger partial charge in [0.15, 0.2) is 0 Å². The molecule has 3 heterocycles. The van der Waals surface area contributed by atoms with Gasteiger partial charge in [-0.3, -0.25) is 4.79 Å². The number of fused-ring (bicyclic) bond motifs is 1. The molecule has 1 aromatic carbocycles. The number of thiophene rings is 1. The van der Waals surface area contributed by atoms with Crippen molar-refractivity contribution >= 4 is 40.5 Å². The van der Waals surface area contributed by atoms with Gasteiger partial charge in [0.1, 0.15) is 11.4 Å². The zero-order valence-electron chi connectivity index (χ0n) is 16.1. The van der Waals surface area contributed by atoms with Gasteiger partial charge in [0.05, 0.1) is 10.6 Å². The molecule has 0 spiro atoms. The molecule has 0 radical (unpaired) electrons. The van der Waals surface area contributed by atoms with Crippen molar-refractivity contribution in [3.63, 3.8) is 0 Å². The van der Waals surface area contributed by atoms with Crippen LogP contribution in [0.4, 0.5) is 5.69 Å². The van der Waals surface area contributed by atoms with E-state index in [1.807, 2.05) is 69.5 Å². The Kier molecular flexibility index (Phi) is 6.43. The van der Waals surface area contributed by atoms with Crippen LogP contribution in [0.15, 0.2) is 58.0 Å². The third-order valence-corrected chi connectivity index (χ3v) is 6.06. The lowest BCUT2D eigenvalue weighted by Gasteiger charge is -2.13. The Bertz CT molecular complexity index is 1090. The van der Waals surface area contributed by atoms with Gasteiger partial charge in [-0.25, -0.2) is 4.98 Å². The Labute approximate surface area is 172 Å². The first-order chi connectivity index (χ1) is 13.6. The molecule has 0 unspecified atom stereocenters. The third kappa shape index (κ3) is 4.07. The largest absolute Gasteiger partial charge is 0.320 e. The summed E-state index contributed by atoms with van der Waals surface area (Å²) in [5.74, 6) is 0.456. The molecule has 0 aliphatic rings. The molecular weight excluding hydrogens is 390 g/mol. The van der Waals surface area contributed by atoms with Gasteiger partial charge in [0.2, 0.25) is 0 Å². The molecule has 0 fully saturated rings. The smallest absolute Gasteiger partial charge is 0.265 e. The van der Waals surface area contributed by atoms with Crippen molar-refractivity contribution in [3.05, 3.63) is 64.2 Å². The van der Waals surface area contributed by atoms with E-state index in [0.29, 0.717) is 10.7 Å². The van der Waals surface area contributed by atoms with Gasteiger partial charge in [0, 0.05) is 16.2 Å². The van der Waals surface area contributed by atoms with Crippen molar-refractivity contribution in [2.45, 2.75) is 37.6 Å². The first kappa shape index (κ1) is 20.0. The van der Waals surface area contributed by atoms with Crippen LogP contribution >= 0.6 is 23.1 Å². The minimum atomic E-state index is -0.110. The zero-order valence-corrected chi connectivity index (χ0v) is 17.8. The number of hydrogen-bond donors (Lipinski definition) is 1. The third-order valence-electron chi connectivity index (χ3n) is 3.94. The predicted octanol–water partition coefficient (Wildman–Crippen LogP) is 5.23. The van der Waals surface area contributed by atoms with Crippen molar-refractivity contribution in [2.75, 3.05) is 5.32 Å². The summed E-state index contributed by atoms with van der Waals surface area (Å²) in [5.41, 5.74) is 2.71. The number of amides is 1. The maximum atomic E-state index is 12.4. The maximum absolute atomic E-state index is 12.4. The Hall–Kier alpha value is -2.71. The van der Waals surface area contributed by atoms with Gasteiger partial charge in [-0.2, -0.15) is 14.6 Å². The first-order valence-corrected chi connectivity index (χ1v) is 10.6. The number of benzene rings is 1. The Balaban J connectivity index is 0.00000109. The summed E-state index contributed by atoms with van der Waals surface area (Å²) in [4.78, 5) is 22.7. The van der Waals surface area contributed by atoms with Crippen molar-refractivity contribution in [2.24, 2.45) is 0 Å². The van der Waals surface area contributed by atoms with E-state index in [1.54, 1.807) is 4.52 Å². The van der Waals surface area contributed by atoms with Crippen LogP contribution in [0.1, 0.15) is 34.8 Å². The number of carbonyl (C=O) groups is 1. The number of anilines is 1. The molecular formula is C20H21N5OS2. The molecule has 1 N–H and O–H groups in total. The van der Waals surface area contributed by atoms with Crippen LogP contribution in [0.25, 0.3) is 5.78 Å². The SMILES string of the molecule is CC.Cc1nc2ncnn2c(Sc2ccccc2NC(=O)c2cccs2)c1C. The summed E-state index contributed by atoms with van der Waals surface area (Å²) in [5, 5.41) is 10.1. The molecule has 4 rings (SSSR count). The Morgan fingerprint density at radius 2 is 1.93 bits per heavy atom. The standard InChI is InChI=1S/C18H15N5OS2.C2H6/c1-11-12(2)21-18-19-10-20-23(18)17(11)26-14-7-4-3-6-13(14)22-16(24)15-8-5-9-25-15;1-2/h3-10H,1-2H3,(H,22,24);1-2H3. The second-order valence-corrected chi connectivity index (χ2v) is 7.61. The van der Waals surface area contributed by atoms with Gasteiger partial charge >= 0.3 is 0 Å². The number of aryl methyl sites for hydroxylation is 1. The summed E-state index contributed by atoms with van der Waals surface area (Å²) < 4.78 is 1.73. The molecule has 8 heteroatoms. The van der Waals surface area contributed by atoms with Crippen LogP contribution < -0.4 is 5.32 Å². The normalized spacial score (nSPS) is 10.4. The van der Waals surface area contributed by atoms with E-state index in [-0.39, 0.29) is 5.91 Å². The number of rotatable bonds is 4. The minimum Gasteiger partial charge on any atom is -0.320 e. The van der Waals surface area contributed by atoms with Crippen molar-refractivity contribution in [3.8, 4) is 0 Å². The molecule has 0 aliphatic heterocycles. The van der Waals surface area contributed by atoms with Crippen LogP contribution in [0.3, 0.4) is 0 Å².